The maximum atomic E-state index is 13.6. The molecule has 1 fully saturated rings. The molecule has 0 radical (unpaired) electrons. The highest BCUT2D eigenvalue weighted by molar-refractivity contribution is 6.34. The maximum absolute atomic E-state index is 13.6. The molecule has 1 aliphatic heterocycles. The number of ketones is 1. The highest BCUT2D eigenvalue weighted by Gasteiger charge is 2.61. The Morgan fingerprint density at radius 3 is 2.53 bits per heavy atom. The Morgan fingerprint density at radius 1 is 1.37 bits per heavy atom. The van der Waals surface area contributed by atoms with Crippen LogP contribution in [0.5, 0.6) is 0 Å². The Bertz CT molecular complexity index is 489. The molecule has 0 aromatic heterocycles. The van der Waals surface area contributed by atoms with E-state index < -0.39 is 41.7 Å². The van der Waals surface area contributed by atoms with Crippen molar-refractivity contribution in [2.75, 3.05) is 13.1 Å². The molecular formula is C12H10ClF4NO. The molecule has 0 spiro atoms. The van der Waals surface area contributed by atoms with Crippen LogP contribution in [-0.2, 0) is 0 Å². The van der Waals surface area contributed by atoms with Crippen LogP contribution < -0.4 is 5.32 Å². The van der Waals surface area contributed by atoms with E-state index in [1.165, 1.54) is 12.1 Å². The SMILES string of the molecule is O=C(c1c(F)cccc1Cl)C1(C(F)(F)F)CCNC1. The molecule has 1 N–H and O–H groups in total. The van der Waals surface area contributed by atoms with Gasteiger partial charge in [-0.3, -0.25) is 4.79 Å². The minimum absolute atomic E-state index is 0.0529. The van der Waals surface area contributed by atoms with Crippen LogP contribution in [0.3, 0.4) is 0 Å². The van der Waals surface area contributed by atoms with Crippen molar-refractivity contribution >= 4 is 17.4 Å². The molecule has 7 heteroatoms. The van der Waals surface area contributed by atoms with E-state index in [1.807, 2.05) is 0 Å². The first kappa shape index (κ1) is 14.3. The van der Waals surface area contributed by atoms with E-state index >= 15 is 0 Å². The Balaban J connectivity index is 2.53. The van der Waals surface area contributed by atoms with Crippen molar-refractivity contribution in [1.29, 1.82) is 0 Å². The highest BCUT2D eigenvalue weighted by Crippen LogP contribution is 2.46. The largest absolute Gasteiger partial charge is 0.402 e. The molecule has 1 aliphatic rings. The number of halogens is 5. The van der Waals surface area contributed by atoms with Gasteiger partial charge in [0.1, 0.15) is 11.2 Å². The normalized spacial score (nSPS) is 23.6. The number of nitrogens with one attached hydrogen (secondary N) is 1. The van der Waals surface area contributed by atoms with Crippen LogP contribution >= 0.6 is 11.6 Å². The van der Waals surface area contributed by atoms with Crippen LogP contribution in [0.15, 0.2) is 18.2 Å². The average Bonchev–Trinajstić information content (AvgIpc) is 2.77. The van der Waals surface area contributed by atoms with Crippen molar-refractivity contribution in [3.63, 3.8) is 0 Å². The fourth-order valence-corrected chi connectivity index (χ4v) is 2.46. The minimum Gasteiger partial charge on any atom is -0.315 e. The second kappa shape index (κ2) is 4.76. The van der Waals surface area contributed by atoms with E-state index in [1.54, 1.807) is 0 Å². The first-order valence-electron chi connectivity index (χ1n) is 5.56. The molecule has 19 heavy (non-hydrogen) atoms. The first-order valence-corrected chi connectivity index (χ1v) is 5.94. The van der Waals surface area contributed by atoms with Crippen LogP contribution in [0.1, 0.15) is 16.8 Å². The van der Waals surface area contributed by atoms with Gasteiger partial charge in [0.25, 0.3) is 0 Å². The van der Waals surface area contributed by atoms with Crippen LogP contribution in [0, 0.1) is 11.2 Å². The molecule has 0 aliphatic carbocycles. The molecule has 1 atom stereocenters. The number of hydrogen-bond donors (Lipinski definition) is 1. The number of Topliss-reactive ketones (excluding diaryl/α,β-unsaturated/α-hetero) is 1. The predicted molar refractivity (Wildman–Crippen MR) is 61.7 cm³/mol. The van der Waals surface area contributed by atoms with Gasteiger partial charge < -0.3 is 5.32 Å². The molecular weight excluding hydrogens is 286 g/mol. The zero-order valence-corrected chi connectivity index (χ0v) is 10.4. The highest BCUT2D eigenvalue weighted by atomic mass is 35.5. The van der Waals surface area contributed by atoms with Gasteiger partial charge in [0.2, 0.25) is 0 Å². The standard InChI is InChI=1S/C12H10ClF4NO/c13-7-2-1-3-8(14)9(7)10(19)11(12(15,16)17)4-5-18-6-11/h1-3,18H,4-6H2. The summed E-state index contributed by atoms with van der Waals surface area (Å²) in [6.45, 7) is -0.503. The van der Waals surface area contributed by atoms with Gasteiger partial charge >= 0.3 is 6.18 Å². The van der Waals surface area contributed by atoms with Crippen molar-refractivity contribution in [2.45, 2.75) is 12.6 Å². The minimum atomic E-state index is -4.75. The summed E-state index contributed by atoms with van der Waals surface area (Å²) in [6, 6.07) is 3.36. The van der Waals surface area contributed by atoms with E-state index in [0.717, 1.165) is 6.07 Å². The number of carbonyl (C=O) groups is 1. The van der Waals surface area contributed by atoms with Gasteiger partial charge in [-0.1, -0.05) is 17.7 Å². The van der Waals surface area contributed by atoms with Crippen LogP contribution in [0.2, 0.25) is 5.02 Å². The average molecular weight is 296 g/mol. The molecule has 0 amide bonds. The van der Waals surface area contributed by atoms with Crippen molar-refractivity contribution < 1.29 is 22.4 Å². The van der Waals surface area contributed by atoms with Gasteiger partial charge in [-0.05, 0) is 25.1 Å². The lowest BCUT2D eigenvalue weighted by Gasteiger charge is -2.29. The van der Waals surface area contributed by atoms with Crippen LogP contribution in [0.4, 0.5) is 17.6 Å². The zero-order valence-electron chi connectivity index (χ0n) is 9.65. The second-order valence-corrected chi connectivity index (χ2v) is 4.84. The van der Waals surface area contributed by atoms with Gasteiger partial charge in [-0.15, -0.1) is 0 Å². The molecule has 1 aromatic rings. The third kappa shape index (κ3) is 2.23. The van der Waals surface area contributed by atoms with E-state index in [2.05, 4.69) is 5.32 Å². The van der Waals surface area contributed by atoms with Gasteiger partial charge in [-0.25, -0.2) is 4.39 Å². The van der Waals surface area contributed by atoms with Crippen molar-refractivity contribution in [3.8, 4) is 0 Å². The first-order chi connectivity index (χ1) is 8.79. The number of carbonyl (C=O) groups excluding carboxylic acids is 1. The van der Waals surface area contributed by atoms with E-state index in [0.29, 0.717) is 0 Å². The zero-order chi connectivity index (χ0) is 14.3. The van der Waals surface area contributed by atoms with Gasteiger partial charge in [0.15, 0.2) is 5.78 Å². The number of alkyl halides is 3. The van der Waals surface area contributed by atoms with Gasteiger partial charge in [-0.2, -0.15) is 13.2 Å². The number of rotatable bonds is 2. The van der Waals surface area contributed by atoms with Crippen LogP contribution in [-0.4, -0.2) is 25.0 Å². The third-order valence-electron chi connectivity index (χ3n) is 3.32. The summed E-state index contributed by atoms with van der Waals surface area (Å²) >= 11 is 5.67. The van der Waals surface area contributed by atoms with Crippen molar-refractivity contribution in [1.82, 2.24) is 5.32 Å². The lowest BCUT2D eigenvalue weighted by molar-refractivity contribution is -0.197. The third-order valence-corrected chi connectivity index (χ3v) is 3.64. The molecule has 1 saturated heterocycles. The summed E-state index contributed by atoms with van der Waals surface area (Å²) < 4.78 is 53.2. The van der Waals surface area contributed by atoms with Crippen molar-refractivity contribution in [3.05, 3.63) is 34.6 Å². The predicted octanol–water partition coefficient (Wildman–Crippen LogP) is 3.20. The summed E-state index contributed by atoms with van der Waals surface area (Å²) in [4.78, 5) is 12.2. The Hall–Kier alpha value is -1.14. The van der Waals surface area contributed by atoms with Crippen molar-refractivity contribution in [2.24, 2.45) is 5.41 Å². The molecule has 2 rings (SSSR count). The van der Waals surface area contributed by atoms with E-state index in [4.69, 9.17) is 11.6 Å². The lowest BCUT2D eigenvalue weighted by Crippen LogP contribution is -2.47. The summed E-state index contributed by atoms with van der Waals surface area (Å²) in [5.41, 5.74) is -3.29. The quantitative estimate of drug-likeness (QED) is 0.670. The fourth-order valence-electron chi connectivity index (χ4n) is 2.21. The molecule has 104 valence electrons. The summed E-state index contributed by atoms with van der Waals surface area (Å²) in [5.74, 6) is -2.35. The maximum Gasteiger partial charge on any atom is 0.402 e. The topological polar surface area (TPSA) is 29.1 Å². The molecule has 2 nitrogen and oxygen atoms in total. The molecule has 1 aromatic carbocycles. The number of benzene rings is 1. The Kier molecular flexibility index (Phi) is 3.57. The summed E-state index contributed by atoms with van der Waals surface area (Å²) in [5, 5.41) is 2.20. The van der Waals surface area contributed by atoms with Gasteiger partial charge in [0, 0.05) is 6.54 Å². The van der Waals surface area contributed by atoms with Gasteiger partial charge in [0.05, 0.1) is 10.6 Å². The Morgan fingerprint density at radius 2 is 2.05 bits per heavy atom. The second-order valence-electron chi connectivity index (χ2n) is 4.43. The number of hydrogen-bond acceptors (Lipinski definition) is 2. The summed E-state index contributed by atoms with van der Waals surface area (Å²) in [7, 11) is 0. The van der Waals surface area contributed by atoms with E-state index in [9.17, 15) is 22.4 Å². The lowest BCUT2D eigenvalue weighted by atomic mass is 9.78. The smallest absolute Gasteiger partial charge is 0.315 e. The molecule has 0 saturated carbocycles. The molecule has 1 heterocycles. The molecule has 0 bridgehead atoms. The van der Waals surface area contributed by atoms with E-state index in [-0.39, 0.29) is 11.6 Å². The van der Waals surface area contributed by atoms with Crippen LogP contribution in [0.25, 0.3) is 0 Å². The fraction of sp³-hybridized carbons (Fsp3) is 0.417. The Labute approximate surface area is 111 Å². The summed E-state index contributed by atoms with van der Waals surface area (Å²) in [6.07, 6.45) is -5.17. The monoisotopic (exact) mass is 295 g/mol. The molecule has 1 unspecified atom stereocenters.